The van der Waals surface area contributed by atoms with Crippen LogP contribution in [0.15, 0.2) is 39.7 Å². The van der Waals surface area contributed by atoms with Crippen LogP contribution in [0.3, 0.4) is 0 Å². The number of halogens is 1. The highest BCUT2D eigenvalue weighted by atomic mass is 79.9. The lowest BCUT2D eigenvalue weighted by Crippen LogP contribution is -2.28. The molecule has 0 spiro atoms. The zero-order valence-electron chi connectivity index (χ0n) is 12.1. The smallest absolute Gasteiger partial charge is 0.244 e. The number of hydrogen-bond acceptors (Lipinski definition) is 3. The van der Waals surface area contributed by atoms with Crippen molar-refractivity contribution in [1.29, 1.82) is 0 Å². The Bertz CT molecular complexity index is 585. The summed E-state index contributed by atoms with van der Waals surface area (Å²) in [4.78, 5) is 0.279. The first kappa shape index (κ1) is 17.4. The van der Waals surface area contributed by atoms with Crippen LogP contribution in [0.2, 0.25) is 0 Å². The zero-order chi connectivity index (χ0) is 15.3. The van der Waals surface area contributed by atoms with Crippen LogP contribution in [-0.2, 0) is 16.6 Å². The Balaban J connectivity index is 3.04. The molecule has 0 saturated heterocycles. The topological polar surface area (TPSA) is 49.4 Å². The molecule has 0 atom stereocenters. The van der Waals surface area contributed by atoms with Crippen molar-refractivity contribution in [3.05, 3.63) is 40.4 Å². The van der Waals surface area contributed by atoms with E-state index in [1.165, 1.54) is 4.31 Å². The molecule has 0 heterocycles. The summed E-state index contributed by atoms with van der Waals surface area (Å²) in [6.07, 6.45) is 0. The highest BCUT2D eigenvalue weighted by Crippen LogP contribution is 2.26. The van der Waals surface area contributed by atoms with Gasteiger partial charge in [0, 0.05) is 24.6 Å². The van der Waals surface area contributed by atoms with Gasteiger partial charge in [0.25, 0.3) is 0 Å². The number of nitrogens with zero attached hydrogens (tertiary/aromatic N) is 1. The van der Waals surface area contributed by atoms with Crippen molar-refractivity contribution in [3.63, 3.8) is 0 Å². The van der Waals surface area contributed by atoms with Crippen molar-refractivity contribution in [2.24, 2.45) is 0 Å². The Morgan fingerprint density at radius 3 is 2.60 bits per heavy atom. The maximum absolute atomic E-state index is 12.5. The minimum absolute atomic E-state index is 0.279. The minimum atomic E-state index is -3.50. The van der Waals surface area contributed by atoms with E-state index >= 15 is 0 Å². The van der Waals surface area contributed by atoms with Gasteiger partial charge in [-0.1, -0.05) is 25.1 Å². The number of nitrogens with one attached hydrogen (secondary N) is 1. The van der Waals surface area contributed by atoms with E-state index in [4.69, 9.17) is 0 Å². The molecule has 1 aromatic rings. The Morgan fingerprint density at radius 1 is 1.45 bits per heavy atom. The number of benzene rings is 1. The lowest BCUT2D eigenvalue weighted by Gasteiger charge is -2.18. The molecule has 0 fully saturated rings. The number of sulfonamides is 1. The highest BCUT2D eigenvalue weighted by Gasteiger charge is 2.23. The fourth-order valence-electron chi connectivity index (χ4n) is 1.77. The minimum Gasteiger partial charge on any atom is -0.313 e. The van der Waals surface area contributed by atoms with Crippen LogP contribution in [0, 0.1) is 0 Å². The molecule has 0 saturated carbocycles. The molecule has 0 unspecified atom stereocenters. The molecule has 112 valence electrons. The van der Waals surface area contributed by atoms with Crippen LogP contribution in [0.5, 0.6) is 0 Å². The maximum Gasteiger partial charge on any atom is 0.244 e. The van der Waals surface area contributed by atoms with Crippen LogP contribution in [0.25, 0.3) is 0 Å². The largest absolute Gasteiger partial charge is 0.313 e. The second-order valence-corrected chi connectivity index (χ2v) is 7.63. The Hall–Kier alpha value is -0.690. The van der Waals surface area contributed by atoms with E-state index in [2.05, 4.69) is 27.8 Å². The summed E-state index contributed by atoms with van der Waals surface area (Å²) in [5.74, 6) is 0. The molecule has 0 radical (unpaired) electrons. The van der Waals surface area contributed by atoms with Crippen LogP contribution in [0.4, 0.5) is 0 Å². The molecule has 0 aliphatic heterocycles. The number of rotatable bonds is 7. The molecule has 1 rings (SSSR count). The van der Waals surface area contributed by atoms with Gasteiger partial charge in [0.05, 0.1) is 4.90 Å². The quantitative estimate of drug-likeness (QED) is 0.760. The third-order valence-electron chi connectivity index (χ3n) is 2.76. The van der Waals surface area contributed by atoms with Gasteiger partial charge in [0.1, 0.15) is 0 Å². The van der Waals surface area contributed by atoms with Crippen LogP contribution in [0.1, 0.15) is 19.4 Å². The monoisotopic (exact) mass is 360 g/mol. The Morgan fingerprint density at radius 2 is 2.10 bits per heavy atom. The average Bonchev–Trinajstić information content (AvgIpc) is 2.35. The zero-order valence-corrected chi connectivity index (χ0v) is 14.5. The maximum atomic E-state index is 12.5. The molecule has 0 bridgehead atoms. The lowest BCUT2D eigenvalue weighted by molar-refractivity contribution is 0.492. The Labute approximate surface area is 130 Å². The molecular weight excluding hydrogens is 340 g/mol. The van der Waals surface area contributed by atoms with Gasteiger partial charge in [-0.05, 0) is 47.1 Å². The summed E-state index contributed by atoms with van der Waals surface area (Å²) >= 11 is 3.35. The second kappa shape index (κ2) is 7.36. The first-order valence-electron chi connectivity index (χ1n) is 6.39. The van der Waals surface area contributed by atoms with Crippen molar-refractivity contribution in [2.75, 3.05) is 20.1 Å². The second-order valence-electron chi connectivity index (χ2n) is 4.76. The first-order valence-corrected chi connectivity index (χ1v) is 8.62. The van der Waals surface area contributed by atoms with Crippen molar-refractivity contribution in [3.8, 4) is 0 Å². The van der Waals surface area contributed by atoms with E-state index in [1.54, 1.807) is 20.0 Å². The molecule has 0 aliphatic rings. The van der Waals surface area contributed by atoms with Crippen LogP contribution in [-0.4, -0.2) is 32.9 Å². The number of hydrogen-bond donors (Lipinski definition) is 1. The first-order chi connectivity index (χ1) is 9.28. The normalized spacial score (nSPS) is 11.8. The molecule has 0 aliphatic carbocycles. The fourth-order valence-corrected chi connectivity index (χ4v) is 4.08. The molecule has 0 amide bonds. The van der Waals surface area contributed by atoms with Gasteiger partial charge in [-0.15, -0.1) is 0 Å². The van der Waals surface area contributed by atoms with Gasteiger partial charge >= 0.3 is 0 Å². The van der Waals surface area contributed by atoms with Crippen molar-refractivity contribution in [2.45, 2.75) is 25.3 Å². The van der Waals surface area contributed by atoms with Gasteiger partial charge < -0.3 is 5.32 Å². The molecule has 1 N–H and O–H groups in total. The van der Waals surface area contributed by atoms with E-state index in [0.29, 0.717) is 11.0 Å². The van der Waals surface area contributed by atoms with E-state index in [9.17, 15) is 8.42 Å². The van der Waals surface area contributed by atoms with Crippen molar-refractivity contribution < 1.29 is 8.42 Å². The summed E-state index contributed by atoms with van der Waals surface area (Å²) in [5, 5.41) is 3.21. The Kier molecular flexibility index (Phi) is 6.39. The van der Waals surface area contributed by atoms with Gasteiger partial charge in [-0.2, -0.15) is 4.31 Å². The average molecular weight is 361 g/mol. The SMILES string of the molecule is C=C(C)CN(C)S(=O)(=O)c1ccc(CNCC)cc1Br. The van der Waals surface area contributed by atoms with Gasteiger partial charge in [0.2, 0.25) is 10.0 Å². The summed E-state index contributed by atoms with van der Waals surface area (Å²) in [6, 6.07) is 5.31. The predicted octanol–water partition coefficient (Wildman–Crippen LogP) is 2.76. The van der Waals surface area contributed by atoms with E-state index in [0.717, 1.165) is 24.2 Å². The highest BCUT2D eigenvalue weighted by molar-refractivity contribution is 9.10. The summed E-state index contributed by atoms with van der Waals surface area (Å²) < 4.78 is 26.8. The summed E-state index contributed by atoms with van der Waals surface area (Å²) in [7, 11) is -1.94. The van der Waals surface area contributed by atoms with Gasteiger partial charge in [-0.25, -0.2) is 8.42 Å². The molecule has 4 nitrogen and oxygen atoms in total. The van der Waals surface area contributed by atoms with Gasteiger partial charge in [-0.3, -0.25) is 0 Å². The molecule has 1 aromatic carbocycles. The van der Waals surface area contributed by atoms with Crippen LogP contribution >= 0.6 is 15.9 Å². The molecule has 20 heavy (non-hydrogen) atoms. The van der Waals surface area contributed by atoms with Crippen molar-refractivity contribution in [1.82, 2.24) is 9.62 Å². The van der Waals surface area contributed by atoms with E-state index in [1.807, 2.05) is 19.1 Å². The third-order valence-corrected chi connectivity index (χ3v) is 5.54. The van der Waals surface area contributed by atoms with E-state index < -0.39 is 10.0 Å². The predicted molar refractivity (Wildman–Crippen MR) is 86.2 cm³/mol. The van der Waals surface area contributed by atoms with Crippen molar-refractivity contribution >= 4 is 26.0 Å². The summed E-state index contributed by atoms with van der Waals surface area (Å²) in [6.45, 7) is 9.49. The summed E-state index contributed by atoms with van der Waals surface area (Å²) in [5.41, 5.74) is 1.84. The van der Waals surface area contributed by atoms with Gasteiger partial charge in [0.15, 0.2) is 0 Å². The molecule has 0 aromatic heterocycles. The number of likely N-dealkylation sites (N-methyl/N-ethyl adjacent to an activating group) is 1. The lowest BCUT2D eigenvalue weighted by atomic mass is 10.2. The fraction of sp³-hybridized carbons (Fsp3) is 0.429. The van der Waals surface area contributed by atoms with E-state index in [-0.39, 0.29) is 4.90 Å². The third kappa shape index (κ3) is 4.41. The molecule has 6 heteroatoms. The standard InChI is InChI=1S/C14H21BrN2O2S/c1-5-16-9-12-6-7-14(13(15)8-12)20(18,19)17(4)10-11(2)3/h6-8,16H,2,5,9-10H2,1,3-4H3. The van der Waals surface area contributed by atoms with Crippen LogP contribution < -0.4 is 5.32 Å². The molecular formula is C14H21BrN2O2S.